The Hall–Kier alpha value is 0.155. The number of benzene rings is 1. The second kappa shape index (κ2) is 5.01. The Bertz CT molecular complexity index is 290. The van der Waals surface area contributed by atoms with Crippen LogP contribution >= 0.6 is 0 Å². The fraction of sp³-hybridized carbons (Fsp3) is 0.100. The Morgan fingerprint density at radius 1 is 1.08 bits per heavy atom. The maximum absolute atomic E-state index is 2.16. The Labute approximate surface area is 97.8 Å². The summed E-state index contributed by atoms with van der Waals surface area (Å²) < 4.78 is 0. The van der Waals surface area contributed by atoms with Crippen LogP contribution in [-0.2, 0) is 0 Å². The van der Waals surface area contributed by atoms with Gasteiger partial charge in [0.15, 0.2) is 0 Å². The van der Waals surface area contributed by atoms with Crippen LogP contribution in [0.25, 0.3) is 6.08 Å². The summed E-state index contributed by atoms with van der Waals surface area (Å²) >= 11 is 0. The second-order valence-electron chi connectivity index (χ2n) is 2.60. The summed E-state index contributed by atoms with van der Waals surface area (Å²) in [5, 5.41) is 0. The molecular weight excluding hydrogens is 134 g/mol. The molecule has 0 nitrogen and oxygen atoms in total. The molecule has 1 aromatic carbocycles. The SMILES string of the molecule is Cc1cccc2c1C=C[CH]2.[LiH].[LiH]. The molecule has 0 atom stereocenters. The Morgan fingerprint density at radius 2 is 1.83 bits per heavy atom. The topological polar surface area (TPSA) is 0 Å². The van der Waals surface area contributed by atoms with E-state index in [9.17, 15) is 0 Å². The summed E-state index contributed by atoms with van der Waals surface area (Å²) in [6, 6.07) is 6.38. The van der Waals surface area contributed by atoms with Gasteiger partial charge in [-0.25, -0.2) is 0 Å². The molecule has 1 radical (unpaired) electrons. The van der Waals surface area contributed by atoms with Crippen molar-refractivity contribution in [2.75, 3.05) is 0 Å². The van der Waals surface area contributed by atoms with E-state index in [0.717, 1.165) is 0 Å². The van der Waals surface area contributed by atoms with E-state index >= 15 is 0 Å². The summed E-state index contributed by atoms with van der Waals surface area (Å²) in [5.41, 5.74) is 4.09. The first-order chi connectivity index (χ1) is 4.88. The third-order valence-electron chi connectivity index (χ3n) is 1.90. The van der Waals surface area contributed by atoms with Gasteiger partial charge in [0.1, 0.15) is 0 Å². The van der Waals surface area contributed by atoms with E-state index in [1.165, 1.54) is 16.7 Å². The van der Waals surface area contributed by atoms with E-state index in [1.807, 2.05) is 0 Å². The molecule has 0 N–H and O–H groups in total. The van der Waals surface area contributed by atoms with Crippen molar-refractivity contribution in [2.45, 2.75) is 6.92 Å². The third kappa shape index (κ3) is 2.10. The fourth-order valence-electron chi connectivity index (χ4n) is 1.32. The molecule has 0 aromatic heterocycles. The van der Waals surface area contributed by atoms with Crippen molar-refractivity contribution >= 4 is 43.8 Å². The first kappa shape index (κ1) is 12.2. The normalized spacial score (nSPS) is 11.4. The maximum atomic E-state index is 2.16. The molecule has 0 unspecified atom stereocenters. The van der Waals surface area contributed by atoms with E-state index in [1.54, 1.807) is 0 Å². The molecule has 0 amide bonds. The van der Waals surface area contributed by atoms with Crippen molar-refractivity contribution in [2.24, 2.45) is 0 Å². The zero-order valence-electron chi connectivity index (χ0n) is 5.96. The van der Waals surface area contributed by atoms with Crippen molar-refractivity contribution in [3.8, 4) is 0 Å². The van der Waals surface area contributed by atoms with Crippen molar-refractivity contribution in [3.63, 3.8) is 0 Å². The van der Waals surface area contributed by atoms with Gasteiger partial charge in [-0.05, 0) is 23.6 Å². The minimum absolute atomic E-state index is 0. The summed E-state index contributed by atoms with van der Waals surface area (Å²) in [4.78, 5) is 0. The van der Waals surface area contributed by atoms with Crippen molar-refractivity contribution < 1.29 is 0 Å². The number of aryl methyl sites for hydroxylation is 1. The minimum atomic E-state index is 0. The summed E-state index contributed by atoms with van der Waals surface area (Å²) in [5.74, 6) is 0. The molecule has 0 saturated carbocycles. The molecule has 0 aliphatic heterocycles. The number of allylic oxidation sites excluding steroid dienone is 1. The molecule has 0 bridgehead atoms. The van der Waals surface area contributed by atoms with Crippen LogP contribution in [0.1, 0.15) is 16.7 Å². The average Bonchev–Trinajstić information content (AvgIpc) is 2.36. The molecular formula is C10H11Li2. The zero-order valence-corrected chi connectivity index (χ0v) is 5.96. The number of hydrogen-bond donors (Lipinski definition) is 0. The van der Waals surface area contributed by atoms with Crippen molar-refractivity contribution in [3.05, 3.63) is 47.4 Å². The van der Waals surface area contributed by atoms with Gasteiger partial charge in [-0.1, -0.05) is 30.4 Å². The molecule has 1 aliphatic rings. The standard InChI is InChI=1S/C10H9.2Li.2H/c1-8-4-2-5-9-6-3-7-10(8)9;;;;/h2-7H,1H3;;;;. The number of hydrogen-bond acceptors (Lipinski definition) is 0. The van der Waals surface area contributed by atoms with Crippen LogP contribution in [0.3, 0.4) is 0 Å². The predicted octanol–water partition coefficient (Wildman–Crippen LogP) is 1.28. The van der Waals surface area contributed by atoms with Gasteiger partial charge in [0.25, 0.3) is 0 Å². The molecule has 1 aromatic rings. The van der Waals surface area contributed by atoms with Gasteiger partial charge < -0.3 is 0 Å². The first-order valence-corrected chi connectivity index (χ1v) is 3.49. The van der Waals surface area contributed by atoms with E-state index in [0.29, 0.717) is 0 Å². The molecule has 0 spiro atoms. The van der Waals surface area contributed by atoms with Crippen LogP contribution < -0.4 is 0 Å². The molecule has 0 heterocycles. The Morgan fingerprint density at radius 3 is 2.50 bits per heavy atom. The molecule has 2 rings (SSSR count). The van der Waals surface area contributed by atoms with Gasteiger partial charge in [-0.2, -0.15) is 0 Å². The van der Waals surface area contributed by atoms with Crippen molar-refractivity contribution in [1.82, 2.24) is 0 Å². The summed E-state index contributed by atoms with van der Waals surface area (Å²) in [6.45, 7) is 2.14. The monoisotopic (exact) mass is 145 g/mol. The molecule has 0 fully saturated rings. The van der Waals surface area contributed by atoms with Crippen LogP contribution in [0.15, 0.2) is 24.3 Å². The van der Waals surface area contributed by atoms with E-state index in [4.69, 9.17) is 0 Å². The first-order valence-electron chi connectivity index (χ1n) is 3.49. The van der Waals surface area contributed by atoms with Crippen LogP contribution in [0.5, 0.6) is 0 Å². The average molecular weight is 145 g/mol. The molecule has 0 saturated heterocycles. The predicted molar refractivity (Wildman–Crippen MR) is 57.9 cm³/mol. The third-order valence-corrected chi connectivity index (χ3v) is 1.90. The van der Waals surface area contributed by atoms with Crippen LogP contribution in [0, 0.1) is 13.3 Å². The Kier molecular flexibility index (Phi) is 5.07. The molecule has 2 heteroatoms. The summed E-state index contributed by atoms with van der Waals surface area (Å²) in [6.07, 6.45) is 6.39. The number of rotatable bonds is 0. The van der Waals surface area contributed by atoms with Crippen molar-refractivity contribution in [1.29, 1.82) is 0 Å². The quantitative estimate of drug-likeness (QED) is 0.482. The second-order valence-corrected chi connectivity index (χ2v) is 2.60. The molecule has 12 heavy (non-hydrogen) atoms. The van der Waals surface area contributed by atoms with Gasteiger partial charge in [0, 0.05) is 6.42 Å². The Balaban J connectivity index is 0.000000605. The van der Waals surface area contributed by atoms with E-state index < -0.39 is 0 Å². The van der Waals surface area contributed by atoms with Gasteiger partial charge in [0.2, 0.25) is 0 Å². The van der Waals surface area contributed by atoms with Crippen LogP contribution in [0.2, 0.25) is 0 Å². The van der Waals surface area contributed by atoms with E-state index in [-0.39, 0.29) is 37.7 Å². The number of fused-ring (bicyclic) bond motifs is 1. The van der Waals surface area contributed by atoms with Gasteiger partial charge in [-0.3, -0.25) is 0 Å². The zero-order chi connectivity index (χ0) is 6.97. The van der Waals surface area contributed by atoms with Gasteiger partial charge in [-0.15, -0.1) is 0 Å². The molecule has 1 aliphatic carbocycles. The van der Waals surface area contributed by atoms with Crippen LogP contribution in [-0.4, -0.2) is 37.7 Å². The summed E-state index contributed by atoms with van der Waals surface area (Å²) in [7, 11) is 0. The van der Waals surface area contributed by atoms with Crippen LogP contribution in [0.4, 0.5) is 0 Å². The molecule has 53 valence electrons. The fourth-order valence-corrected chi connectivity index (χ4v) is 1.32. The van der Waals surface area contributed by atoms with Gasteiger partial charge >= 0.3 is 37.7 Å². The van der Waals surface area contributed by atoms with Gasteiger partial charge in [0.05, 0.1) is 0 Å². The van der Waals surface area contributed by atoms with E-state index in [2.05, 4.69) is 43.7 Å².